The molecule has 2 aromatic rings. The van der Waals surface area contributed by atoms with Gasteiger partial charge in [0.15, 0.2) is 0 Å². The number of amides is 1. The Balaban J connectivity index is 1.92. The van der Waals surface area contributed by atoms with Crippen molar-refractivity contribution in [3.05, 3.63) is 59.8 Å². The SMILES string of the molecule is CCCCN(C(=O)OC(C)(C)C)c1ncccc1[C@@H]1CCCCN1Cc1ccccc1. The number of pyridine rings is 1. The summed E-state index contributed by atoms with van der Waals surface area (Å²) >= 11 is 0. The van der Waals surface area contributed by atoms with Gasteiger partial charge in [0.1, 0.15) is 11.4 Å². The Morgan fingerprint density at radius 1 is 1.16 bits per heavy atom. The van der Waals surface area contributed by atoms with Gasteiger partial charge in [-0.25, -0.2) is 9.78 Å². The maximum absolute atomic E-state index is 13.1. The van der Waals surface area contributed by atoms with Gasteiger partial charge in [0.25, 0.3) is 0 Å². The summed E-state index contributed by atoms with van der Waals surface area (Å²) in [4.78, 5) is 22.1. The quantitative estimate of drug-likeness (QED) is 0.520. The predicted molar refractivity (Wildman–Crippen MR) is 126 cm³/mol. The maximum Gasteiger partial charge on any atom is 0.416 e. The summed E-state index contributed by atoms with van der Waals surface area (Å²) < 4.78 is 5.75. The third-order valence-electron chi connectivity index (χ3n) is 5.62. The molecule has 1 atom stereocenters. The van der Waals surface area contributed by atoms with Crippen molar-refractivity contribution in [2.75, 3.05) is 18.0 Å². The lowest BCUT2D eigenvalue weighted by atomic mass is 9.94. The van der Waals surface area contributed by atoms with Crippen LogP contribution < -0.4 is 4.90 Å². The van der Waals surface area contributed by atoms with Crippen LogP contribution in [0.2, 0.25) is 0 Å². The molecule has 1 aliphatic rings. The zero-order valence-electron chi connectivity index (χ0n) is 19.5. The molecule has 31 heavy (non-hydrogen) atoms. The first-order valence-corrected chi connectivity index (χ1v) is 11.6. The molecule has 0 aliphatic carbocycles. The number of rotatable bonds is 7. The number of nitrogens with zero attached hydrogens (tertiary/aromatic N) is 3. The van der Waals surface area contributed by atoms with E-state index in [9.17, 15) is 4.79 Å². The number of unbranched alkanes of at least 4 members (excludes halogenated alkanes) is 1. The minimum Gasteiger partial charge on any atom is -0.443 e. The van der Waals surface area contributed by atoms with Gasteiger partial charge < -0.3 is 4.74 Å². The molecule has 0 saturated carbocycles. The highest BCUT2D eigenvalue weighted by molar-refractivity contribution is 5.87. The van der Waals surface area contributed by atoms with Gasteiger partial charge in [0.2, 0.25) is 0 Å². The maximum atomic E-state index is 13.1. The van der Waals surface area contributed by atoms with Crippen LogP contribution >= 0.6 is 0 Å². The van der Waals surface area contributed by atoms with Crippen LogP contribution in [0.4, 0.5) is 10.6 Å². The Morgan fingerprint density at radius 3 is 2.65 bits per heavy atom. The van der Waals surface area contributed by atoms with Gasteiger partial charge in [-0.15, -0.1) is 0 Å². The number of hydrogen-bond donors (Lipinski definition) is 0. The average molecular weight is 424 g/mol. The molecule has 2 heterocycles. The molecule has 1 amide bonds. The summed E-state index contributed by atoms with van der Waals surface area (Å²) in [5.41, 5.74) is 1.90. The lowest BCUT2D eigenvalue weighted by molar-refractivity contribution is 0.0577. The summed E-state index contributed by atoms with van der Waals surface area (Å²) in [6.07, 6.45) is 6.84. The van der Waals surface area contributed by atoms with Gasteiger partial charge in [-0.1, -0.05) is 56.2 Å². The Morgan fingerprint density at radius 2 is 1.94 bits per heavy atom. The van der Waals surface area contributed by atoms with Gasteiger partial charge >= 0.3 is 6.09 Å². The monoisotopic (exact) mass is 423 g/mol. The minimum atomic E-state index is -0.541. The zero-order chi connectivity index (χ0) is 22.3. The van der Waals surface area contributed by atoms with E-state index in [0.29, 0.717) is 6.54 Å². The summed E-state index contributed by atoms with van der Waals surface area (Å²) in [5, 5.41) is 0. The van der Waals surface area contributed by atoms with E-state index in [-0.39, 0.29) is 12.1 Å². The molecule has 5 heteroatoms. The highest BCUT2D eigenvalue weighted by Gasteiger charge is 2.31. The molecule has 5 nitrogen and oxygen atoms in total. The van der Waals surface area contributed by atoms with Gasteiger partial charge in [0.05, 0.1) is 0 Å². The van der Waals surface area contributed by atoms with E-state index in [1.807, 2.05) is 26.8 Å². The molecule has 1 aromatic carbocycles. The molecular formula is C26H37N3O2. The number of piperidine rings is 1. The van der Waals surface area contributed by atoms with Crippen LogP contribution in [0, 0.1) is 0 Å². The van der Waals surface area contributed by atoms with Crippen molar-refractivity contribution >= 4 is 11.9 Å². The molecule has 1 aromatic heterocycles. The smallest absolute Gasteiger partial charge is 0.416 e. The van der Waals surface area contributed by atoms with Crippen molar-refractivity contribution < 1.29 is 9.53 Å². The Bertz CT molecular complexity index is 832. The number of hydrogen-bond acceptors (Lipinski definition) is 4. The van der Waals surface area contributed by atoms with Crippen molar-refractivity contribution in [1.29, 1.82) is 0 Å². The van der Waals surface area contributed by atoms with Crippen molar-refractivity contribution in [3.8, 4) is 0 Å². The van der Waals surface area contributed by atoms with E-state index in [1.54, 1.807) is 11.1 Å². The second-order valence-corrected chi connectivity index (χ2v) is 9.37. The number of aromatic nitrogens is 1. The van der Waals surface area contributed by atoms with Gasteiger partial charge in [0, 0.05) is 30.9 Å². The van der Waals surface area contributed by atoms with E-state index in [0.717, 1.165) is 43.7 Å². The largest absolute Gasteiger partial charge is 0.443 e. The lowest BCUT2D eigenvalue weighted by Gasteiger charge is -2.38. The van der Waals surface area contributed by atoms with E-state index < -0.39 is 5.60 Å². The summed E-state index contributed by atoms with van der Waals surface area (Å²) in [5.74, 6) is 0.746. The van der Waals surface area contributed by atoms with Crippen LogP contribution in [0.15, 0.2) is 48.7 Å². The lowest BCUT2D eigenvalue weighted by Crippen LogP contribution is -2.40. The fraction of sp³-hybridized carbons (Fsp3) is 0.538. The van der Waals surface area contributed by atoms with Crippen molar-refractivity contribution in [3.63, 3.8) is 0 Å². The van der Waals surface area contributed by atoms with E-state index in [4.69, 9.17) is 9.72 Å². The van der Waals surface area contributed by atoms with Gasteiger partial charge in [-0.05, 0) is 58.2 Å². The molecule has 0 radical (unpaired) electrons. The zero-order valence-corrected chi connectivity index (χ0v) is 19.5. The van der Waals surface area contributed by atoms with Crippen LogP contribution in [0.25, 0.3) is 0 Å². The Labute approximate surface area is 187 Å². The van der Waals surface area contributed by atoms with Crippen LogP contribution in [-0.2, 0) is 11.3 Å². The van der Waals surface area contributed by atoms with Crippen LogP contribution in [-0.4, -0.2) is 34.7 Å². The molecular weight excluding hydrogens is 386 g/mol. The van der Waals surface area contributed by atoms with Crippen molar-refractivity contribution in [2.45, 2.75) is 78.0 Å². The van der Waals surface area contributed by atoms with Gasteiger partial charge in [-0.3, -0.25) is 9.80 Å². The molecule has 0 spiro atoms. The molecule has 168 valence electrons. The normalized spacial score (nSPS) is 17.4. The molecule has 1 aliphatic heterocycles. The average Bonchev–Trinajstić information content (AvgIpc) is 2.74. The predicted octanol–water partition coefficient (Wildman–Crippen LogP) is 6.35. The summed E-state index contributed by atoms with van der Waals surface area (Å²) in [6.45, 7) is 10.4. The number of benzene rings is 1. The highest BCUT2D eigenvalue weighted by Crippen LogP contribution is 2.37. The molecule has 1 saturated heterocycles. The second-order valence-electron chi connectivity index (χ2n) is 9.37. The van der Waals surface area contributed by atoms with E-state index in [2.05, 4.69) is 48.2 Å². The number of carbonyl (C=O) groups is 1. The first-order chi connectivity index (χ1) is 14.9. The number of anilines is 1. The molecule has 1 fully saturated rings. The van der Waals surface area contributed by atoms with E-state index >= 15 is 0 Å². The molecule has 0 bridgehead atoms. The number of likely N-dealkylation sites (tertiary alicyclic amines) is 1. The van der Waals surface area contributed by atoms with E-state index in [1.165, 1.54) is 18.4 Å². The second kappa shape index (κ2) is 10.8. The number of ether oxygens (including phenoxy) is 1. The standard InChI is InChI=1S/C26H37N3O2/c1-5-6-19-29(25(30)31-26(2,3)4)24-22(15-12-17-27-24)23-16-10-11-18-28(23)20-21-13-8-7-9-14-21/h7-9,12-15,17,23H,5-6,10-11,16,18-20H2,1-4H3/t23-/m0/s1. The summed E-state index contributed by atoms with van der Waals surface area (Å²) in [6, 6.07) is 15.0. The Hall–Kier alpha value is -2.40. The third kappa shape index (κ3) is 6.54. The Kier molecular flexibility index (Phi) is 8.08. The molecule has 0 unspecified atom stereocenters. The van der Waals surface area contributed by atoms with Crippen LogP contribution in [0.1, 0.15) is 77.0 Å². The van der Waals surface area contributed by atoms with Crippen molar-refractivity contribution in [1.82, 2.24) is 9.88 Å². The topological polar surface area (TPSA) is 45.7 Å². The summed E-state index contributed by atoms with van der Waals surface area (Å²) in [7, 11) is 0. The van der Waals surface area contributed by atoms with Crippen LogP contribution in [0.5, 0.6) is 0 Å². The fourth-order valence-corrected chi connectivity index (χ4v) is 4.16. The fourth-order valence-electron chi connectivity index (χ4n) is 4.16. The highest BCUT2D eigenvalue weighted by atomic mass is 16.6. The minimum absolute atomic E-state index is 0.240. The van der Waals surface area contributed by atoms with Crippen LogP contribution in [0.3, 0.4) is 0 Å². The van der Waals surface area contributed by atoms with Gasteiger partial charge in [-0.2, -0.15) is 0 Å². The molecule has 3 rings (SSSR count). The first kappa shape index (κ1) is 23.3. The first-order valence-electron chi connectivity index (χ1n) is 11.6. The third-order valence-corrected chi connectivity index (χ3v) is 5.62. The molecule has 0 N–H and O–H groups in total. The number of carbonyl (C=O) groups excluding carboxylic acids is 1. The van der Waals surface area contributed by atoms with Crippen molar-refractivity contribution in [2.24, 2.45) is 0 Å².